The van der Waals surface area contributed by atoms with Gasteiger partial charge in [-0.05, 0) is 6.92 Å². The Hall–Kier alpha value is -0.810. The predicted molar refractivity (Wildman–Crippen MR) is 53.6 cm³/mol. The number of ether oxygens (including phenoxy) is 1. The Labute approximate surface area is 88.0 Å². The van der Waals surface area contributed by atoms with Crippen LogP contribution in [0, 0.1) is 0 Å². The summed E-state index contributed by atoms with van der Waals surface area (Å²) in [6.07, 6.45) is 0. The van der Waals surface area contributed by atoms with E-state index in [1.165, 1.54) is 0 Å². The van der Waals surface area contributed by atoms with Crippen LogP contribution in [0.2, 0.25) is 0 Å². The summed E-state index contributed by atoms with van der Waals surface area (Å²) in [5, 5.41) is 7.59. The van der Waals surface area contributed by atoms with Crippen molar-refractivity contribution in [3.8, 4) is 0 Å². The quantitative estimate of drug-likeness (QED) is 0.533. The summed E-state index contributed by atoms with van der Waals surface area (Å²) in [4.78, 5) is 1.83. The summed E-state index contributed by atoms with van der Waals surface area (Å²) in [6, 6.07) is 0.473. The lowest BCUT2D eigenvalue weighted by Gasteiger charge is -2.12. The van der Waals surface area contributed by atoms with Gasteiger partial charge in [0.1, 0.15) is 5.88 Å². The van der Waals surface area contributed by atoms with Crippen LogP contribution in [0.25, 0.3) is 0 Å². The van der Waals surface area contributed by atoms with Crippen LogP contribution in [0.4, 0.5) is 6.01 Å². The zero-order chi connectivity index (χ0) is 10.4. The topological polar surface area (TPSA) is 51.4 Å². The van der Waals surface area contributed by atoms with Crippen LogP contribution in [-0.2, 0) is 10.6 Å². The van der Waals surface area contributed by atoms with Crippen LogP contribution in [0.15, 0.2) is 4.42 Å². The highest BCUT2D eigenvalue weighted by atomic mass is 35.5. The van der Waals surface area contributed by atoms with Gasteiger partial charge in [-0.1, -0.05) is 5.10 Å². The number of nitrogens with zero attached hydrogens (tertiary/aromatic N) is 3. The molecule has 0 radical (unpaired) electrons. The molecule has 0 N–H and O–H groups in total. The highest BCUT2D eigenvalue weighted by molar-refractivity contribution is 6.16. The molecule has 0 saturated heterocycles. The van der Waals surface area contributed by atoms with Crippen molar-refractivity contribution in [1.29, 1.82) is 0 Å². The summed E-state index contributed by atoms with van der Waals surface area (Å²) in [5.74, 6) is 0.677. The van der Waals surface area contributed by atoms with Gasteiger partial charge in [0.2, 0.25) is 5.89 Å². The lowest BCUT2D eigenvalue weighted by molar-refractivity contribution is 0.154. The van der Waals surface area contributed by atoms with E-state index in [1.807, 2.05) is 18.9 Å². The van der Waals surface area contributed by atoms with Gasteiger partial charge in [-0.2, -0.15) is 0 Å². The lowest BCUT2D eigenvalue weighted by Crippen LogP contribution is -2.22. The molecule has 1 heterocycles. The van der Waals surface area contributed by atoms with Crippen molar-refractivity contribution < 1.29 is 9.15 Å². The summed E-state index contributed by atoms with van der Waals surface area (Å²) >= 11 is 5.53. The van der Waals surface area contributed by atoms with Crippen molar-refractivity contribution in [1.82, 2.24) is 10.2 Å². The Kier molecular flexibility index (Phi) is 4.69. The smallest absolute Gasteiger partial charge is 0.318 e. The fourth-order valence-corrected chi connectivity index (χ4v) is 1.00. The molecule has 0 atom stereocenters. The Bertz CT molecular complexity index is 267. The third kappa shape index (κ3) is 3.16. The molecule has 14 heavy (non-hydrogen) atoms. The Morgan fingerprint density at radius 3 is 2.86 bits per heavy atom. The summed E-state index contributed by atoms with van der Waals surface area (Å²) < 4.78 is 10.4. The van der Waals surface area contributed by atoms with Crippen molar-refractivity contribution in [2.75, 3.05) is 31.7 Å². The molecule has 1 rings (SSSR count). The summed E-state index contributed by atoms with van der Waals surface area (Å²) in [6.45, 7) is 4.03. The van der Waals surface area contributed by atoms with Gasteiger partial charge in [0, 0.05) is 20.2 Å². The number of aromatic nitrogens is 2. The maximum atomic E-state index is 5.53. The first-order chi connectivity index (χ1) is 6.77. The largest absolute Gasteiger partial charge is 0.407 e. The molecular formula is C8H14ClN3O2. The first-order valence-electron chi connectivity index (χ1n) is 4.45. The zero-order valence-electron chi connectivity index (χ0n) is 8.36. The highest BCUT2D eigenvalue weighted by Crippen LogP contribution is 2.11. The second-order valence-electron chi connectivity index (χ2n) is 2.73. The zero-order valence-corrected chi connectivity index (χ0v) is 9.12. The number of alkyl halides is 1. The Balaban J connectivity index is 2.39. The summed E-state index contributed by atoms with van der Waals surface area (Å²) in [7, 11) is 1.87. The fourth-order valence-electron chi connectivity index (χ4n) is 0.894. The molecule has 0 spiro atoms. The van der Waals surface area contributed by atoms with Gasteiger partial charge < -0.3 is 14.1 Å². The van der Waals surface area contributed by atoms with E-state index in [0.29, 0.717) is 25.1 Å². The maximum absolute atomic E-state index is 5.53. The van der Waals surface area contributed by atoms with Gasteiger partial charge >= 0.3 is 6.01 Å². The van der Waals surface area contributed by atoms with Gasteiger partial charge in [0.25, 0.3) is 0 Å². The molecule has 1 aromatic rings. The molecule has 0 aromatic carbocycles. The molecule has 0 fully saturated rings. The molecule has 0 aliphatic rings. The molecule has 0 bridgehead atoms. The van der Waals surface area contributed by atoms with Crippen LogP contribution in [0.1, 0.15) is 12.8 Å². The monoisotopic (exact) mass is 219 g/mol. The number of hydrogen-bond acceptors (Lipinski definition) is 5. The summed E-state index contributed by atoms with van der Waals surface area (Å²) in [5.41, 5.74) is 0. The van der Waals surface area contributed by atoms with Gasteiger partial charge in [-0.25, -0.2) is 0 Å². The molecule has 0 amide bonds. The normalized spacial score (nSPS) is 10.5. The minimum absolute atomic E-state index is 0.242. The second-order valence-corrected chi connectivity index (χ2v) is 3.00. The standard InChI is InChI=1S/C8H14ClN3O2/c1-3-13-5-4-12(2)8-11-10-7(6-9)14-8/h3-6H2,1-2H3. The number of rotatable bonds is 6. The van der Waals surface area contributed by atoms with Crippen molar-refractivity contribution in [2.24, 2.45) is 0 Å². The van der Waals surface area contributed by atoms with Crippen LogP contribution in [0.3, 0.4) is 0 Å². The minimum atomic E-state index is 0.242. The van der Waals surface area contributed by atoms with Crippen molar-refractivity contribution in [3.63, 3.8) is 0 Å². The van der Waals surface area contributed by atoms with E-state index in [-0.39, 0.29) is 5.88 Å². The highest BCUT2D eigenvalue weighted by Gasteiger charge is 2.09. The maximum Gasteiger partial charge on any atom is 0.318 e. The molecule has 80 valence electrons. The second kappa shape index (κ2) is 5.82. The predicted octanol–water partition coefficient (Wildman–Crippen LogP) is 1.28. The molecule has 0 saturated carbocycles. The third-order valence-electron chi connectivity index (χ3n) is 1.67. The Morgan fingerprint density at radius 1 is 1.50 bits per heavy atom. The van der Waals surface area contributed by atoms with E-state index in [4.69, 9.17) is 20.8 Å². The van der Waals surface area contributed by atoms with Crippen LogP contribution < -0.4 is 4.90 Å². The van der Waals surface area contributed by atoms with Crippen LogP contribution in [-0.4, -0.2) is 37.0 Å². The lowest BCUT2D eigenvalue weighted by atomic mass is 10.6. The van der Waals surface area contributed by atoms with E-state index in [0.717, 1.165) is 6.54 Å². The molecule has 5 nitrogen and oxygen atoms in total. The molecule has 6 heteroatoms. The van der Waals surface area contributed by atoms with Crippen molar-refractivity contribution in [3.05, 3.63) is 5.89 Å². The first kappa shape index (κ1) is 11.3. The molecule has 1 aromatic heterocycles. The van der Waals surface area contributed by atoms with E-state index in [9.17, 15) is 0 Å². The molecular weight excluding hydrogens is 206 g/mol. The number of hydrogen-bond donors (Lipinski definition) is 0. The van der Waals surface area contributed by atoms with E-state index in [1.54, 1.807) is 0 Å². The average Bonchev–Trinajstić information content (AvgIpc) is 2.66. The first-order valence-corrected chi connectivity index (χ1v) is 4.98. The van der Waals surface area contributed by atoms with E-state index in [2.05, 4.69) is 10.2 Å². The third-order valence-corrected chi connectivity index (χ3v) is 1.90. The van der Waals surface area contributed by atoms with Gasteiger partial charge in [-0.3, -0.25) is 0 Å². The van der Waals surface area contributed by atoms with Crippen LogP contribution in [0.5, 0.6) is 0 Å². The van der Waals surface area contributed by atoms with Crippen molar-refractivity contribution in [2.45, 2.75) is 12.8 Å². The van der Waals surface area contributed by atoms with Crippen LogP contribution >= 0.6 is 11.6 Å². The van der Waals surface area contributed by atoms with Gasteiger partial charge in [-0.15, -0.1) is 16.7 Å². The molecule has 0 unspecified atom stereocenters. The Morgan fingerprint density at radius 2 is 2.29 bits per heavy atom. The van der Waals surface area contributed by atoms with Gasteiger partial charge in [0.05, 0.1) is 6.61 Å². The molecule has 0 aliphatic carbocycles. The van der Waals surface area contributed by atoms with Crippen molar-refractivity contribution >= 4 is 17.6 Å². The fraction of sp³-hybridized carbons (Fsp3) is 0.750. The number of likely N-dealkylation sites (N-methyl/N-ethyl adjacent to an activating group) is 1. The number of anilines is 1. The van der Waals surface area contributed by atoms with Gasteiger partial charge in [0.15, 0.2) is 0 Å². The number of halogens is 1. The van der Waals surface area contributed by atoms with E-state index >= 15 is 0 Å². The minimum Gasteiger partial charge on any atom is -0.407 e. The van der Waals surface area contributed by atoms with E-state index < -0.39 is 0 Å². The SMILES string of the molecule is CCOCCN(C)c1nnc(CCl)o1. The molecule has 0 aliphatic heterocycles. The average molecular weight is 220 g/mol.